The van der Waals surface area contributed by atoms with Crippen LogP contribution in [0.1, 0.15) is 51.5 Å². The molecular weight excluding hydrogens is 496 g/mol. The number of para-hydroxylation sites is 1. The van der Waals surface area contributed by atoms with E-state index in [1.807, 2.05) is 6.07 Å². The van der Waals surface area contributed by atoms with Crippen LogP contribution in [0.5, 0.6) is 0 Å². The van der Waals surface area contributed by atoms with E-state index < -0.39 is 16.1 Å². The number of benzene rings is 1. The second kappa shape index (κ2) is 13.1. The van der Waals surface area contributed by atoms with Gasteiger partial charge in [0, 0.05) is 32.6 Å². The highest BCUT2D eigenvalue weighted by Gasteiger charge is 2.33. The Morgan fingerprint density at radius 3 is 2.68 bits per heavy atom. The fraction of sp³-hybridized carbons (Fsp3) is 0.640. The quantitative estimate of drug-likeness (QED) is 0.141. The molecule has 3 rings (SSSR count). The van der Waals surface area contributed by atoms with Crippen LogP contribution in [0.2, 0.25) is 0 Å². The third kappa shape index (κ3) is 8.06. The third-order valence-corrected chi connectivity index (χ3v) is 8.34. The molecule has 2 atom stereocenters. The lowest BCUT2D eigenvalue weighted by molar-refractivity contribution is -0.144. The number of rotatable bonds is 11. The number of likely N-dealkylation sites (tertiary alicyclic amines) is 1. The van der Waals surface area contributed by atoms with Crippen molar-refractivity contribution in [3.63, 3.8) is 0 Å². The SMILES string of the molecule is CCOC(=O)CC1CCN(C(=O)[C@H](CCCN=C(N)N)NS(=O)(=O)c2cccc3c2NCC(C)C3)CC1. The van der Waals surface area contributed by atoms with Crippen LogP contribution in [0, 0.1) is 11.8 Å². The first kappa shape index (κ1) is 28.7. The smallest absolute Gasteiger partial charge is 0.306 e. The van der Waals surface area contributed by atoms with E-state index in [-0.39, 0.29) is 41.6 Å². The van der Waals surface area contributed by atoms with Gasteiger partial charge < -0.3 is 26.4 Å². The van der Waals surface area contributed by atoms with Crippen LogP contribution >= 0.6 is 0 Å². The van der Waals surface area contributed by atoms with E-state index in [9.17, 15) is 18.0 Å². The third-order valence-electron chi connectivity index (χ3n) is 6.83. The lowest BCUT2D eigenvalue weighted by Crippen LogP contribution is -2.51. The molecule has 0 aliphatic carbocycles. The maximum Gasteiger partial charge on any atom is 0.306 e. The van der Waals surface area contributed by atoms with Crippen molar-refractivity contribution in [2.24, 2.45) is 28.3 Å². The summed E-state index contributed by atoms with van der Waals surface area (Å²) >= 11 is 0. The van der Waals surface area contributed by atoms with E-state index in [2.05, 4.69) is 22.0 Å². The average Bonchev–Trinajstić information content (AvgIpc) is 2.85. The molecule has 12 heteroatoms. The number of nitrogens with one attached hydrogen (secondary N) is 2. The highest BCUT2D eigenvalue weighted by Crippen LogP contribution is 2.31. The molecule has 0 spiro atoms. The Kier molecular flexibility index (Phi) is 10.2. The summed E-state index contributed by atoms with van der Waals surface area (Å²) in [5.74, 6) is -0.0242. The standard InChI is InChI=1S/C25H40N6O5S/c1-3-36-22(32)15-18-9-12-31(13-10-18)24(33)20(7-5-11-28-25(26)27)30-37(34,35)21-8-4-6-19-14-17(2)16-29-23(19)21/h4,6,8,17-18,20,29-30H,3,5,7,9-16H2,1-2H3,(H4,26,27,28)/t17?,20-/m0/s1. The van der Waals surface area contributed by atoms with Gasteiger partial charge in [-0.2, -0.15) is 4.72 Å². The topological polar surface area (TPSA) is 169 Å². The van der Waals surface area contributed by atoms with Crippen LogP contribution in [0.3, 0.4) is 0 Å². The van der Waals surface area contributed by atoms with Crippen molar-refractivity contribution in [3.05, 3.63) is 23.8 Å². The second-order valence-corrected chi connectivity index (χ2v) is 11.6. The van der Waals surface area contributed by atoms with Gasteiger partial charge in [0.15, 0.2) is 5.96 Å². The number of esters is 1. The van der Waals surface area contributed by atoms with Gasteiger partial charge >= 0.3 is 5.97 Å². The first-order valence-corrected chi connectivity index (χ1v) is 14.5. The average molecular weight is 537 g/mol. The van der Waals surface area contributed by atoms with E-state index in [4.69, 9.17) is 16.2 Å². The molecule has 1 fully saturated rings. The summed E-state index contributed by atoms with van der Waals surface area (Å²) in [6, 6.07) is 4.26. The van der Waals surface area contributed by atoms with Crippen LogP contribution in [-0.2, 0) is 30.8 Å². The molecule has 6 N–H and O–H groups in total. The molecule has 0 radical (unpaired) electrons. The van der Waals surface area contributed by atoms with Crippen molar-refractivity contribution in [2.75, 3.05) is 38.1 Å². The van der Waals surface area contributed by atoms with E-state index in [1.165, 1.54) is 0 Å². The minimum Gasteiger partial charge on any atom is -0.466 e. The van der Waals surface area contributed by atoms with Gasteiger partial charge in [-0.25, -0.2) is 8.42 Å². The van der Waals surface area contributed by atoms with Crippen molar-refractivity contribution in [1.82, 2.24) is 9.62 Å². The highest BCUT2D eigenvalue weighted by atomic mass is 32.2. The lowest BCUT2D eigenvalue weighted by Gasteiger charge is -2.34. The maximum absolute atomic E-state index is 13.5. The number of hydrogen-bond acceptors (Lipinski definition) is 7. The first-order chi connectivity index (χ1) is 17.6. The first-order valence-electron chi connectivity index (χ1n) is 13.0. The minimum absolute atomic E-state index is 0.0525. The number of anilines is 1. The van der Waals surface area contributed by atoms with Gasteiger partial charge in [0.2, 0.25) is 15.9 Å². The number of carbonyl (C=O) groups excluding carboxylic acids is 2. The number of fused-ring (bicyclic) bond motifs is 1. The van der Waals surface area contributed by atoms with Crippen molar-refractivity contribution in [2.45, 2.75) is 63.3 Å². The molecule has 2 aliphatic heterocycles. The van der Waals surface area contributed by atoms with Gasteiger partial charge in [-0.3, -0.25) is 14.6 Å². The number of sulfonamides is 1. The van der Waals surface area contributed by atoms with Gasteiger partial charge in [0.05, 0.1) is 12.3 Å². The summed E-state index contributed by atoms with van der Waals surface area (Å²) < 4.78 is 34.8. The van der Waals surface area contributed by atoms with E-state index in [1.54, 1.807) is 24.0 Å². The summed E-state index contributed by atoms with van der Waals surface area (Å²) in [6.07, 6.45) is 3.11. The maximum atomic E-state index is 13.5. The number of ether oxygens (including phenoxy) is 1. The number of carbonyl (C=O) groups is 2. The second-order valence-electron chi connectivity index (χ2n) is 9.88. The number of nitrogens with zero attached hydrogens (tertiary/aromatic N) is 2. The molecule has 2 aliphatic rings. The fourth-order valence-electron chi connectivity index (χ4n) is 4.92. The zero-order valence-corrected chi connectivity index (χ0v) is 22.6. The van der Waals surface area contributed by atoms with Crippen LogP contribution in [0.4, 0.5) is 5.69 Å². The van der Waals surface area contributed by atoms with Gasteiger partial charge in [0.25, 0.3) is 0 Å². The van der Waals surface area contributed by atoms with Gasteiger partial charge in [0.1, 0.15) is 10.9 Å². The number of nitrogens with two attached hydrogens (primary N) is 2. The molecular formula is C25H40N6O5S. The fourth-order valence-corrected chi connectivity index (χ4v) is 6.37. The number of guanidine groups is 1. The lowest BCUT2D eigenvalue weighted by atomic mass is 9.93. The molecule has 2 heterocycles. The number of amides is 1. The van der Waals surface area contributed by atoms with Gasteiger partial charge in [-0.05, 0) is 62.5 Å². The molecule has 1 aromatic carbocycles. The Balaban J connectivity index is 1.73. The monoisotopic (exact) mass is 536 g/mol. The van der Waals surface area contributed by atoms with Crippen LogP contribution in [0.15, 0.2) is 28.1 Å². The van der Waals surface area contributed by atoms with Crippen molar-refractivity contribution < 1.29 is 22.7 Å². The van der Waals surface area contributed by atoms with Crippen molar-refractivity contribution in [1.29, 1.82) is 0 Å². The zero-order valence-electron chi connectivity index (χ0n) is 21.7. The van der Waals surface area contributed by atoms with Crippen LogP contribution in [0.25, 0.3) is 0 Å². The van der Waals surface area contributed by atoms with E-state index in [0.717, 1.165) is 12.0 Å². The summed E-state index contributed by atoms with van der Waals surface area (Å²) in [6.45, 7) is 6.10. The summed E-state index contributed by atoms with van der Waals surface area (Å²) in [5.41, 5.74) is 12.4. The number of piperidine rings is 1. The Bertz CT molecular complexity index is 1080. The summed E-state index contributed by atoms with van der Waals surface area (Å²) in [7, 11) is -3.99. The number of aliphatic imine (C=N–C) groups is 1. The molecule has 0 aromatic heterocycles. The Labute approximate surface area is 219 Å². The molecule has 206 valence electrons. The van der Waals surface area contributed by atoms with Crippen LogP contribution in [-0.4, -0.2) is 70.0 Å². The molecule has 1 unspecified atom stereocenters. The normalized spacial score (nSPS) is 18.9. The van der Waals surface area contributed by atoms with Gasteiger partial charge in [-0.1, -0.05) is 19.1 Å². The van der Waals surface area contributed by atoms with Crippen LogP contribution < -0.4 is 21.5 Å². The Morgan fingerprint density at radius 2 is 2.00 bits per heavy atom. The molecule has 0 saturated carbocycles. The molecule has 1 amide bonds. The van der Waals surface area contributed by atoms with Crippen molar-refractivity contribution >= 4 is 33.5 Å². The molecule has 0 bridgehead atoms. The summed E-state index contributed by atoms with van der Waals surface area (Å²) in [4.78, 5) is 31.1. The van der Waals surface area contributed by atoms with Gasteiger partial charge in [-0.15, -0.1) is 0 Å². The largest absolute Gasteiger partial charge is 0.466 e. The minimum atomic E-state index is -3.99. The zero-order chi connectivity index (χ0) is 27.0. The molecule has 11 nitrogen and oxygen atoms in total. The van der Waals surface area contributed by atoms with E-state index >= 15 is 0 Å². The molecule has 1 aromatic rings. The predicted octanol–water partition coefficient (Wildman–Crippen LogP) is 1.18. The Morgan fingerprint density at radius 1 is 1.27 bits per heavy atom. The highest BCUT2D eigenvalue weighted by molar-refractivity contribution is 7.89. The van der Waals surface area contributed by atoms with E-state index in [0.29, 0.717) is 63.5 Å². The predicted molar refractivity (Wildman–Crippen MR) is 142 cm³/mol. The molecule has 37 heavy (non-hydrogen) atoms. The van der Waals surface area contributed by atoms with Crippen molar-refractivity contribution in [3.8, 4) is 0 Å². The summed E-state index contributed by atoms with van der Waals surface area (Å²) in [5, 5.41) is 3.25. The molecule has 1 saturated heterocycles. The number of hydrogen-bond donors (Lipinski definition) is 4. The Hall–Kier alpha value is -2.86.